The van der Waals surface area contributed by atoms with Crippen LogP contribution in [0.5, 0.6) is 0 Å². The van der Waals surface area contributed by atoms with E-state index in [1.54, 1.807) is 27.9 Å². The lowest BCUT2D eigenvalue weighted by atomic mass is 9.74. The van der Waals surface area contributed by atoms with Crippen LogP contribution in [0.1, 0.15) is 87.5 Å². The molecule has 10 nitrogen and oxygen atoms in total. The maximum Gasteiger partial charge on any atom is 0.319 e. The third kappa shape index (κ3) is 9.27. The fourth-order valence-electron chi connectivity index (χ4n) is 7.78. The second-order valence-electron chi connectivity index (χ2n) is 15.9. The van der Waals surface area contributed by atoms with Crippen molar-refractivity contribution < 1.29 is 33.6 Å². The van der Waals surface area contributed by atoms with Crippen molar-refractivity contribution in [2.24, 2.45) is 29.1 Å². The molecule has 0 amide bonds. The van der Waals surface area contributed by atoms with Crippen molar-refractivity contribution in [3.8, 4) is 0 Å². The third-order valence-corrected chi connectivity index (χ3v) is 10.8. The van der Waals surface area contributed by atoms with E-state index in [4.69, 9.17) is 18.9 Å². The zero-order valence-corrected chi connectivity index (χ0v) is 30.3. The summed E-state index contributed by atoms with van der Waals surface area (Å²) in [5, 5.41) is 15.0. The predicted molar refractivity (Wildman–Crippen MR) is 176 cm³/mol. The lowest BCUT2D eigenvalue weighted by Crippen LogP contribution is -2.59. The SMILES string of the molecule is COC1(C)CC(C)CN(C)C(C2CC(NCCC(C)C)C2)COC(=O)C(C)(C)C(=O)C(C)C1O[C@@H]1O[C@H](C)C[C@H](N(C)C)[C@H]1O. The molecule has 9 atom stereocenters. The molecular formula is C35H65N3O7. The van der Waals surface area contributed by atoms with Gasteiger partial charge in [-0.25, -0.2) is 0 Å². The highest BCUT2D eigenvalue weighted by atomic mass is 16.7. The smallest absolute Gasteiger partial charge is 0.319 e. The average Bonchev–Trinajstić information content (AvgIpc) is 2.93. The molecule has 262 valence electrons. The van der Waals surface area contributed by atoms with Gasteiger partial charge in [0.05, 0.1) is 17.8 Å². The number of carbonyl (C=O) groups is 2. The van der Waals surface area contributed by atoms with Crippen molar-refractivity contribution in [3.63, 3.8) is 0 Å². The Labute approximate surface area is 273 Å². The molecule has 3 fully saturated rings. The molecular weight excluding hydrogens is 574 g/mol. The molecule has 2 aliphatic heterocycles. The average molecular weight is 640 g/mol. The molecule has 2 saturated heterocycles. The van der Waals surface area contributed by atoms with Crippen LogP contribution in [-0.2, 0) is 28.5 Å². The summed E-state index contributed by atoms with van der Waals surface area (Å²) in [6, 6.07) is 0.376. The molecule has 5 unspecified atom stereocenters. The maximum absolute atomic E-state index is 14.2. The van der Waals surface area contributed by atoms with Crippen LogP contribution < -0.4 is 5.32 Å². The van der Waals surface area contributed by atoms with E-state index in [1.807, 2.05) is 32.8 Å². The van der Waals surface area contributed by atoms with Gasteiger partial charge in [0, 0.05) is 37.7 Å². The first-order valence-corrected chi connectivity index (χ1v) is 17.3. The van der Waals surface area contributed by atoms with Crippen molar-refractivity contribution in [3.05, 3.63) is 0 Å². The summed E-state index contributed by atoms with van der Waals surface area (Å²) >= 11 is 0. The standard InChI is InChI=1S/C35H65N3O7/c1-21(2)13-14-36-26-16-25(17-26)28-20-43-33(41)34(6,7)30(40)24(5)31(35(8,42-12)18-22(3)19-38(28)11)45-32-29(39)27(37(9)10)15-23(4)44-32/h21-29,31-32,36,39H,13-20H2,1-12H3/t22?,23-,24?,25?,26?,27+,28?,29-,31?,32+,35?/m1/s1. The van der Waals surface area contributed by atoms with Crippen LogP contribution in [0.3, 0.4) is 0 Å². The number of hydrogen-bond acceptors (Lipinski definition) is 10. The number of likely N-dealkylation sites (N-methyl/N-ethyl adjacent to an activating group) is 2. The molecule has 0 aromatic carbocycles. The van der Waals surface area contributed by atoms with Gasteiger partial charge in [-0.05, 0) is 105 Å². The van der Waals surface area contributed by atoms with Crippen molar-refractivity contribution >= 4 is 11.8 Å². The van der Waals surface area contributed by atoms with Crippen LogP contribution in [0.2, 0.25) is 0 Å². The molecule has 0 radical (unpaired) electrons. The monoisotopic (exact) mass is 639 g/mol. The second kappa shape index (κ2) is 15.8. The van der Waals surface area contributed by atoms with E-state index >= 15 is 0 Å². The topological polar surface area (TPSA) is 110 Å². The molecule has 1 saturated carbocycles. The Kier molecular flexibility index (Phi) is 13.5. The summed E-state index contributed by atoms with van der Waals surface area (Å²) in [4.78, 5) is 32.1. The molecule has 0 spiro atoms. The van der Waals surface area contributed by atoms with E-state index in [2.05, 4.69) is 38.0 Å². The van der Waals surface area contributed by atoms with E-state index in [-0.39, 0.29) is 36.5 Å². The van der Waals surface area contributed by atoms with Gasteiger partial charge < -0.3 is 34.3 Å². The number of hydrogen-bond donors (Lipinski definition) is 2. The first kappa shape index (κ1) is 38.3. The highest BCUT2D eigenvalue weighted by Crippen LogP contribution is 2.39. The summed E-state index contributed by atoms with van der Waals surface area (Å²) < 4.78 is 25.0. The van der Waals surface area contributed by atoms with Gasteiger partial charge in [0.1, 0.15) is 18.1 Å². The number of aliphatic hydroxyl groups is 1. The summed E-state index contributed by atoms with van der Waals surface area (Å²) in [6.45, 7) is 17.7. The normalized spacial score (nSPS) is 40.8. The Morgan fingerprint density at radius 1 is 1.11 bits per heavy atom. The first-order valence-electron chi connectivity index (χ1n) is 17.3. The zero-order valence-electron chi connectivity index (χ0n) is 30.3. The quantitative estimate of drug-likeness (QED) is 0.286. The lowest BCUT2D eigenvalue weighted by molar-refractivity contribution is -0.295. The minimum atomic E-state index is -1.40. The number of esters is 1. The van der Waals surface area contributed by atoms with E-state index < -0.39 is 41.4 Å². The molecule has 3 aliphatic rings. The van der Waals surface area contributed by atoms with Gasteiger partial charge >= 0.3 is 5.97 Å². The number of ether oxygens (including phenoxy) is 4. The number of ketones is 1. The number of carbonyl (C=O) groups excluding carboxylic acids is 2. The molecule has 0 bridgehead atoms. The van der Waals surface area contributed by atoms with Crippen LogP contribution in [-0.4, -0.2) is 123 Å². The molecule has 10 heteroatoms. The molecule has 0 aromatic heterocycles. The Balaban J connectivity index is 1.89. The van der Waals surface area contributed by atoms with E-state index in [0.29, 0.717) is 30.7 Å². The van der Waals surface area contributed by atoms with Crippen LogP contribution >= 0.6 is 0 Å². The number of aliphatic hydroxyl groups excluding tert-OH is 1. The maximum atomic E-state index is 14.2. The Hall–Kier alpha value is -1.14. The van der Waals surface area contributed by atoms with Crippen molar-refractivity contribution in [2.45, 2.75) is 136 Å². The summed E-state index contributed by atoms with van der Waals surface area (Å²) in [6.07, 6.45) is 1.70. The number of methoxy groups -OCH3 is 1. The van der Waals surface area contributed by atoms with Gasteiger partial charge in [-0.1, -0.05) is 27.7 Å². The fraction of sp³-hybridized carbons (Fsp3) is 0.943. The molecule has 1 aliphatic carbocycles. The van der Waals surface area contributed by atoms with E-state index in [1.165, 1.54) is 0 Å². The Morgan fingerprint density at radius 2 is 1.76 bits per heavy atom. The van der Waals surface area contributed by atoms with E-state index in [0.717, 1.165) is 32.4 Å². The largest absolute Gasteiger partial charge is 0.463 e. The Bertz CT molecular complexity index is 971. The minimum absolute atomic E-state index is 0.0553. The van der Waals surface area contributed by atoms with Crippen LogP contribution in [0.25, 0.3) is 0 Å². The minimum Gasteiger partial charge on any atom is -0.463 e. The van der Waals surface area contributed by atoms with Gasteiger partial charge in [0.2, 0.25) is 0 Å². The molecule has 45 heavy (non-hydrogen) atoms. The highest BCUT2D eigenvalue weighted by molar-refractivity contribution is 6.04. The predicted octanol–water partition coefficient (Wildman–Crippen LogP) is 3.73. The molecule has 0 aromatic rings. The first-order chi connectivity index (χ1) is 20.9. The van der Waals surface area contributed by atoms with Crippen LogP contribution in [0, 0.1) is 29.1 Å². The summed E-state index contributed by atoms with van der Waals surface area (Å²) in [5.41, 5.74) is -2.30. The van der Waals surface area contributed by atoms with Gasteiger partial charge in [-0.3, -0.25) is 14.5 Å². The molecule has 3 rings (SSSR count). The third-order valence-electron chi connectivity index (χ3n) is 10.8. The van der Waals surface area contributed by atoms with Crippen LogP contribution in [0.4, 0.5) is 0 Å². The molecule has 2 heterocycles. The number of cyclic esters (lactones) is 1. The summed E-state index contributed by atoms with van der Waals surface area (Å²) in [7, 11) is 7.62. The number of nitrogens with one attached hydrogen (secondary N) is 1. The van der Waals surface area contributed by atoms with E-state index in [9.17, 15) is 14.7 Å². The highest BCUT2D eigenvalue weighted by Gasteiger charge is 2.52. The Morgan fingerprint density at radius 3 is 2.33 bits per heavy atom. The fourth-order valence-corrected chi connectivity index (χ4v) is 7.78. The number of nitrogens with zero attached hydrogens (tertiary/aromatic N) is 2. The van der Waals surface area contributed by atoms with Crippen molar-refractivity contribution in [1.82, 2.24) is 15.1 Å². The molecule has 2 N–H and O–H groups in total. The summed E-state index contributed by atoms with van der Waals surface area (Å²) in [5.74, 6) is -0.301. The van der Waals surface area contributed by atoms with Crippen LogP contribution in [0.15, 0.2) is 0 Å². The zero-order chi connectivity index (χ0) is 33.9. The number of Topliss-reactive ketones (excluding diaryl/α,β-unsaturated/α-hetero) is 1. The van der Waals surface area contributed by atoms with Gasteiger partial charge in [0.15, 0.2) is 12.1 Å². The number of rotatable bonds is 9. The van der Waals surface area contributed by atoms with Crippen molar-refractivity contribution in [2.75, 3.05) is 47.9 Å². The van der Waals surface area contributed by atoms with Gasteiger partial charge in [0.25, 0.3) is 0 Å². The van der Waals surface area contributed by atoms with Gasteiger partial charge in [-0.15, -0.1) is 0 Å². The van der Waals surface area contributed by atoms with Gasteiger partial charge in [-0.2, -0.15) is 0 Å². The lowest BCUT2D eigenvalue weighted by Gasteiger charge is -2.47. The second-order valence-corrected chi connectivity index (χ2v) is 15.9. The van der Waals surface area contributed by atoms with Crippen molar-refractivity contribution in [1.29, 1.82) is 0 Å².